The number of nitrogens with zero attached hydrogens (tertiary/aromatic N) is 3. The van der Waals surface area contributed by atoms with Gasteiger partial charge in [-0.3, -0.25) is 4.79 Å². The molecule has 6 heteroatoms. The summed E-state index contributed by atoms with van der Waals surface area (Å²) in [6, 6.07) is 15.2. The van der Waals surface area contributed by atoms with E-state index >= 15 is 0 Å². The van der Waals surface area contributed by atoms with Gasteiger partial charge in [-0.05, 0) is 62.1 Å². The Morgan fingerprint density at radius 3 is 2.55 bits per heavy atom. The molecule has 0 radical (unpaired) electrons. The zero-order valence-electron chi connectivity index (χ0n) is 18.0. The number of anilines is 1. The van der Waals surface area contributed by atoms with Crippen LogP contribution in [0.5, 0.6) is 0 Å². The van der Waals surface area contributed by atoms with E-state index in [1.807, 2.05) is 37.3 Å². The summed E-state index contributed by atoms with van der Waals surface area (Å²) in [6.45, 7) is 6.44. The Morgan fingerprint density at radius 2 is 1.90 bits per heavy atom. The molecule has 2 aromatic carbocycles. The first-order valence-corrected chi connectivity index (χ1v) is 10.8. The molecule has 0 aliphatic carbocycles. The first-order chi connectivity index (χ1) is 15.0. The molecule has 0 atom stereocenters. The van der Waals surface area contributed by atoms with Crippen LogP contribution in [0.25, 0.3) is 10.9 Å². The molecule has 1 saturated heterocycles. The zero-order chi connectivity index (χ0) is 22.0. The van der Waals surface area contributed by atoms with Crippen LogP contribution in [0.4, 0.5) is 10.1 Å². The van der Waals surface area contributed by atoms with Gasteiger partial charge in [0.15, 0.2) is 0 Å². The summed E-state index contributed by atoms with van der Waals surface area (Å²) in [7, 11) is 0. The van der Waals surface area contributed by atoms with Gasteiger partial charge in [0.05, 0.1) is 11.1 Å². The van der Waals surface area contributed by atoms with Gasteiger partial charge in [0.2, 0.25) is 5.91 Å². The Hall–Kier alpha value is -3.17. The van der Waals surface area contributed by atoms with Crippen molar-refractivity contribution in [3.05, 3.63) is 65.1 Å². The number of aromatic nitrogens is 1. The van der Waals surface area contributed by atoms with E-state index in [1.165, 1.54) is 19.1 Å². The van der Waals surface area contributed by atoms with E-state index in [4.69, 9.17) is 0 Å². The van der Waals surface area contributed by atoms with Crippen molar-refractivity contribution in [2.24, 2.45) is 0 Å². The van der Waals surface area contributed by atoms with E-state index in [9.17, 15) is 14.4 Å². The molecule has 0 bridgehead atoms. The average molecular weight is 419 g/mol. The minimum absolute atomic E-state index is 0.107. The molecule has 3 aromatic rings. The van der Waals surface area contributed by atoms with Gasteiger partial charge >= 0.3 is 0 Å². The van der Waals surface area contributed by atoms with Crippen LogP contribution < -0.4 is 5.32 Å². The second-order valence-corrected chi connectivity index (χ2v) is 8.30. The quantitative estimate of drug-likeness (QED) is 0.648. The fourth-order valence-corrected chi connectivity index (χ4v) is 4.67. The Morgan fingerprint density at radius 1 is 1.19 bits per heavy atom. The Balaban J connectivity index is 1.50. The number of benzene rings is 2. The molecule has 4 rings (SSSR count). The van der Waals surface area contributed by atoms with Crippen LogP contribution in [-0.2, 0) is 11.2 Å². The summed E-state index contributed by atoms with van der Waals surface area (Å²) in [6.07, 6.45) is 2.92. The molecule has 1 aromatic heterocycles. The molecule has 0 spiro atoms. The largest absolute Gasteiger partial charge is 0.340 e. The number of hydrogen-bond acceptors (Lipinski definition) is 3. The fraction of sp³-hybridized carbons (Fsp3) is 0.360. The highest BCUT2D eigenvalue weighted by molar-refractivity contribution is 5.95. The van der Waals surface area contributed by atoms with Crippen molar-refractivity contribution in [1.29, 1.82) is 5.26 Å². The molecule has 1 fully saturated rings. The lowest BCUT2D eigenvalue weighted by Crippen LogP contribution is -2.36. The molecule has 2 heterocycles. The van der Waals surface area contributed by atoms with Crippen molar-refractivity contribution in [2.45, 2.75) is 39.2 Å². The maximum absolute atomic E-state index is 13.1. The number of carbonyl (C=O) groups is 1. The first kappa shape index (κ1) is 21.1. The van der Waals surface area contributed by atoms with Crippen LogP contribution in [0.2, 0.25) is 0 Å². The van der Waals surface area contributed by atoms with Crippen LogP contribution in [0.1, 0.15) is 42.6 Å². The van der Waals surface area contributed by atoms with Gasteiger partial charge < -0.3 is 14.8 Å². The zero-order valence-corrected chi connectivity index (χ0v) is 18.0. The molecular formula is C25H27FN4O. The summed E-state index contributed by atoms with van der Waals surface area (Å²) in [5.74, 6) is -0.304. The maximum Gasteiger partial charge on any atom is 0.221 e. The molecule has 1 amide bonds. The Kier molecular flexibility index (Phi) is 6.06. The number of nitriles is 1. The van der Waals surface area contributed by atoms with Gasteiger partial charge in [-0.15, -0.1) is 0 Å². The molecule has 5 nitrogen and oxygen atoms in total. The summed E-state index contributed by atoms with van der Waals surface area (Å²) >= 11 is 0. The molecule has 0 saturated carbocycles. The second kappa shape index (κ2) is 8.91. The van der Waals surface area contributed by atoms with Crippen LogP contribution in [0.15, 0.2) is 42.5 Å². The predicted molar refractivity (Wildman–Crippen MR) is 121 cm³/mol. The lowest BCUT2D eigenvalue weighted by atomic mass is 10.0. The number of hydrogen-bond donors (Lipinski definition) is 1. The SMILES string of the molecule is CC(=O)Nc1ccc2c(C#N)c(C)n(C3CCN(CCc4ccc(F)cc4)CC3)c2c1. The van der Waals surface area contributed by atoms with E-state index in [0.29, 0.717) is 11.6 Å². The highest BCUT2D eigenvalue weighted by Gasteiger charge is 2.25. The molecule has 1 N–H and O–H groups in total. The smallest absolute Gasteiger partial charge is 0.221 e. The molecule has 160 valence electrons. The first-order valence-electron chi connectivity index (χ1n) is 10.8. The summed E-state index contributed by atoms with van der Waals surface area (Å²) in [5, 5.41) is 13.5. The van der Waals surface area contributed by atoms with Gasteiger partial charge in [-0.2, -0.15) is 5.26 Å². The molecule has 0 unspecified atom stereocenters. The standard InChI is InChI=1S/C25H27FN4O/c1-17-24(16-27)23-8-7-21(28-18(2)31)15-25(23)30(17)22-10-13-29(14-11-22)12-9-19-3-5-20(26)6-4-19/h3-8,15,22H,9-14H2,1-2H3,(H,28,31). The number of fused-ring (bicyclic) bond motifs is 1. The molecule has 1 aliphatic rings. The van der Waals surface area contributed by atoms with Crippen molar-refractivity contribution in [3.8, 4) is 6.07 Å². The number of carbonyl (C=O) groups excluding carboxylic acids is 1. The highest BCUT2D eigenvalue weighted by atomic mass is 19.1. The van der Waals surface area contributed by atoms with E-state index in [1.54, 1.807) is 0 Å². The van der Waals surface area contributed by atoms with Crippen LogP contribution in [0, 0.1) is 24.1 Å². The predicted octanol–water partition coefficient (Wildman–Crippen LogP) is 4.80. The minimum Gasteiger partial charge on any atom is -0.340 e. The topological polar surface area (TPSA) is 61.1 Å². The Labute approximate surface area is 182 Å². The number of likely N-dealkylation sites (tertiary alicyclic amines) is 1. The number of piperidine rings is 1. The van der Waals surface area contributed by atoms with Crippen molar-refractivity contribution < 1.29 is 9.18 Å². The molecular weight excluding hydrogens is 391 g/mol. The third-order valence-corrected chi connectivity index (χ3v) is 6.23. The van der Waals surface area contributed by atoms with E-state index in [2.05, 4.69) is 20.9 Å². The van der Waals surface area contributed by atoms with Crippen LogP contribution in [-0.4, -0.2) is 35.0 Å². The van der Waals surface area contributed by atoms with E-state index in [0.717, 1.165) is 66.7 Å². The second-order valence-electron chi connectivity index (χ2n) is 8.30. The number of amides is 1. The lowest BCUT2D eigenvalue weighted by molar-refractivity contribution is -0.114. The summed E-state index contributed by atoms with van der Waals surface area (Å²) < 4.78 is 15.4. The number of rotatable bonds is 5. The average Bonchev–Trinajstić information content (AvgIpc) is 3.03. The van der Waals surface area contributed by atoms with Gasteiger partial charge in [-0.25, -0.2) is 4.39 Å². The van der Waals surface area contributed by atoms with Gasteiger partial charge in [0.25, 0.3) is 0 Å². The van der Waals surface area contributed by atoms with Gasteiger partial charge in [-0.1, -0.05) is 12.1 Å². The third kappa shape index (κ3) is 4.47. The molecule has 1 aliphatic heterocycles. The summed E-state index contributed by atoms with van der Waals surface area (Å²) in [5.41, 5.74) is 4.61. The van der Waals surface area contributed by atoms with Crippen LogP contribution in [0.3, 0.4) is 0 Å². The van der Waals surface area contributed by atoms with Crippen molar-refractivity contribution in [2.75, 3.05) is 25.0 Å². The highest BCUT2D eigenvalue weighted by Crippen LogP contribution is 2.34. The third-order valence-electron chi connectivity index (χ3n) is 6.23. The van der Waals surface area contributed by atoms with E-state index in [-0.39, 0.29) is 11.7 Å². The van der Waals surface area contributed by atoms with Crippen molar-refractivity contribution in [1.82, 2.24) is 9.47 Å². The fourth-order valence-electron chi connectivity index (χ4n) is 4.67. The molecule has 31 heavy (non-hydrogen) atoms. The minimum atomic E-state index is -0.197. The van der Waals surface area contributed by atoms with Crippen LogP contribution >= 0.6 is 0 Å². The summed E-state index contributed by atoms with van der Waals surface area (Å²) in [4.78, 5) is 13.9. The number of nitrogens with one attached hydrogen (secondary N) is 1. The van der Waals surface area contributed by atoms with E-state index < -0.39 is 0 Å². The van der Waals surface area contributed by atoms with Gasteiger partial charge in [0, 0.05) is 49.4 Å². The normalized spacial score (nSPS) is 15.2. The van der Waals surface area contributed by atoms with Crippen molar-refractivity contribution in [3.63, 3.8) is 0 Å². The number of halogens is 1. The Bertz CT molecular complexity index is 1140. The van der Waals surface area contributed by atoms with Gasteiger partial charge in [0.1, 0.15) is 11.9 Å². The van der Waals surface area contributed by atoms with Crippen molar-refractivity contribution >= 4 is 22.5 Å². The maximum atomic E-state index is 13.1. The lowest BCUT2D eigenvalue weighted by Gasteiger charge is -2.34. The monoisotopic (exact) mass is 418 g/mol.